The van der Waals surface area contributed by atoms with Crippen LogP contribution in [0.5, 0.6) is 11.5 Å². The van der Waals surface area contributed by atoms with Crippen molar-refractivity contribution in [1.29, 1.82) is 5.26 Å². The third kappa shape index (κ3) is 1.80. The molecule has 0 bridgehead atoms. The van der Waals surface area contributed by atoms with Gasteiger partial charge in [-0.15, -0.1) is 0 Å². The number of benzene rings is 2. The highest BCUT2D eigenvalue weighted by atomic mass is 16.5. The smallest absolute Gasteiger partial charge is 0.128 e. The van der Waals surface area contributed by atoms with Gasteiger partial charge in [-0.05, 0) is 30.3 Å². The van der Waals surface area contributed by atoms with Crippen LogP contribution in [0.3, 0.4) is 0 Å². The maximum atomic E-state index is 8.99. The molecule has 18 heavy (non-hydrogen) atoms. The van der Waals surface area contributed by atoms with Crippen LogP contribution in [0.2, 0.25) is 0 Å². The van der Waals surface area contributed by atoms with Gasteiger partial charge in [-0.2, -0.15) is 5.26 Å². The normalized spacial score (nSPS) is 10.2. The summed E-state index contributed by atoms with van der Waals surface area (Å²) in [5, 5.41) is 9.87. The first-order valence-corrected chi connectivity index (χ1v) is 5.61. The van der Waals surface area contributed by atoms with Crippen LogP contribution in [0, 0.1) is 11.3 Å². The minimum Gasteiger partial charge on any atom is -0.457 e. The number of rotatable bonds is 2. The Morgan fingerprint density at radius 3 is 2.61 bits per heavy atom. The van der Waals surface area contributed by atoms with E-state index in [2.05, 4.69) is 11.1 Å². The Kier molecular flexibility index (Phi) is 2.47. The first-order chi connectivity index (χ1) is 8.86. The van der Waals surface area contributed by atoms with Crippen molar-refractivity contribution in [3.63, 3.8) is 0 Å². The Morgan fingerprint density at radius 2 is 1.83 bits per heavy atom. The minimum absolute atomic E-state index is 0.628. The number of H-pyrrole nitrogens is 1. The van der Waals surface area contributed by atoms with Gasteiger partial charge in [0.15, 0.2) is 0 Å². The lowest BCUT2D eigenvalue weighted by Crippen LogP contribution is -1.83. The SMILES string of the molecule is N#Cc1c[nH]c2ccc(Oc3ccccc3)cc12. The third-order valence-electron chi connectivity index (χ3n) is 2.75. The fraction of sp³-hybridized carbons (Fsp3) is 0. The zero-order chi connectivity index (χ0) is 12.4. The first-order valence-electron chi connectivity index (χ1n) is 5.61. The monoisotopic (exact) mass is 234 g/mol. The Balaban J connectivity index is 2.01. The van der Waals surface area contributed by atoms with Crippen LogP contribution in [0.25, 0.3) is 10.9 Å². The van der Waals surface area contributed by atoms with E-state index in [1.807, 2.05) is 48.5 Å². The molecule has 1 aromatic heterocycles. The lowest BCUT2D eigenvalue weighted by Gasteiger charge is -2.05. The van der Waals surface area contributed by atoms with Gasteiger partial charge in [-0.3, -0.25) is 0 Å². The molecule has 3 rings (SSSR count). The molecule has 2 aromatic carbocycles. The number of aromatic amines is 1. The lowest BCUT2D eigenvalue weighted by atomic mass is 10.2. The summed E-state index contributed by atoms with van der Waals surface area (Å²) in [7, 11) is 0. The number of fused-ring (bicyclic) bond motifs is 1. The van der Waals surface area contributed by atoms with E-state index in [-0.39, 0.29) is 0 Å². The quantitative estimate of drug-likeness (QED) is 0.732. The fourth-order valence-corrected chi connectivity index (χ4v) is 1.88. The van der Waals surface area contributed by atoms with Gasteiger partial charge in [-0.1, -0.05) is 18.2 Å². The molecule has 1 N–H and O–H groups in total. The van der Waals surface area contributed by atoms with E-state index in [1.54, 1.807) is 6.20 Å². The molecule has 0 unspecified atom stereocenters. The molecule has 0 aliphatic heterocycles. The van der Waals surface area contributed by atoms with Crippen molar-refractivity contribution >= 4 is 10.9 Å². The van der Waals surface area contributed by atoms with Crippen molar-refractivity contribution in [3.05, 3.63) is 60.3 Å². The van der Waals surface area contributed by atoms with Crippen molar-refractivity contribution in [2.24, 2.45) is 0 Å². The molecule has 3 aromatic rings. The topological polar surface area (TPSA) is 48.8 Å². The second kappa shape index (κ2) is 4.27. The molecular weight excluding hydrogens is 224 g/mol. The average Bonchev–Trinajstić information content (AvgIpc) is 2.82. The Morgan fingerprint density at radius 1 is 1.00 bits per heavy atom. The second-order valence-electron chi connectivity index (χ2n) is 3.94. The zero-order valence-corrected chi connectivity index (χ0v) is 9.55. The van der Waals surface area contributed by atoms with Gasteiger partial charge in [0.2, 0.25) is 0 Å². The van der Waals surface area contributed by atoms with Crippen molar-refractivity contribution in [2.75, 3.05) is 0 Å². The van der Waals surface area contributed by atoms with E-state index in [9.17, 15) is 0 Å². The summed E-state index contributed by atoms with van der Waals surface area (Å²) in [5.41, 5.74) is 1.57. The first kappa shape index (κ1) is 10.4. The van der Waals surface area contributed by atoms with E-state index < -0.39 is 0 Å². The maximum absolute atomic E-state index is 8.99. The van der Waals surface area contributed by atoms with Crippen LogP contribution in [-0.4, -0.2) is 4.98 Å². The number of nitrogens with zero attached hydrogens (tertiary/aromatic N) is 1. The highest BCUT2D eigenvalue weighted by Gasteiger charge is 2.05. The molecular formula is C15H10N2O. The molecule has 0 aliphatic carbocycles. The van der Waals surface area contributed by atoms with Gasteiger partial charge < -0.3 is 9.72 Å². The van der Waals surface area contributed by atoms with Crippen LogP contribution < -0.4 is 4.74 Å². The predicted octanol–water partition coefficient (Wildman–Crippen LogP) is 3.83. The summed E-state index contributed by atoms with van der Waals surface area (Å²) in [4.78, 5) is 3.05. The number of hydrogen-bond donors (Lipinski definition) is 1. The summed E-state index contributed by atoms with van der Waals surface area (Å²) in [6.07, 6.45) is 1.71. The molecule has 0 atom stereocenters. The molecule has 0 aliphatic rings. The summed E-state index contributed by atoms with van der Waals surface area (Å²) >= 11 is 0. The van der Waals surface area contributed by atoms with E-state index in [0.29, 0.717) is 5.56 Å². The molecule has 3 nitrogen and oxygen atoms in total. The van der Waals surface area contributed by atoms with Crippen molar-refractivity contribution in [1.82, 2.24) is 4.98 Å². The summed E-state index contributed by atoms with van der Waals surface area (Å²) in [6, 6.07) is 17.4. The van der Waals surface area contributed by atoms with E-state index in [0.717, 1.165) is 22.4 Å². The molecule has 0 fully saturated rings. The van der Waals surface area contributed by atoms with E-state index in [1.165, 1.54) is 0 Å². The molecule has 0 amide bonds. The lowest BCUT2D eigenvalue weighted by molar-refractivity contribution is 0.483. The minimum atomic E-state index is 0.628. The van der Waals surface area contributed by atoms with E-state index >= 15 is 0 Å². The Hall–Kier alpha value is -2.73. The van der Waals surface area contributed by atoms with Crippen molar-refractivity contribution in [3.8, 4) is 17.6 Å². The Bertz CT molecular complexity index is 723. The van der Waals surface area contributed by atoms with Crippen LogP contribution in [-0.2, 0) is 0 Å². The van der Waals surface area contributed by atoms with Crippen LogP contribution in [0.15, 0.2) is 54.7 Å². The molecule has 0 spiro atoms. The summed E-state index contributed by atoms with van der Waals surface area (Å²) in [6.45, 7) is 0. The van der Waals surface area contributed by atoms with E-state index in [4.69, 9.17) is 10.00 Å². The number of para-hydroxylation sites is 1. The van der Waals surface area contributed by atoms with Gasteiger partial charge in [0.25, 0.3) is 0 Å². The zero-order valence-electron chi connectivity index (χ0n) is 9.55. The fourth-order valence-electron chi connectivity index (χ4n) is 1.88. The summed E-state index contributed by atoms with van der Waals surface area (Å²) < 4.78 is 5.73. The van der Waals surface area contributed by atoms with Crippen LogP contribution in [0.1, 0.15) is 5.56 Å². The third-order valence-corrected chi connectivity index (χ3v) is 2.75. The number of aromatic nitrogens is 1. The van der Waals surface area contributed by atoms with Gasteiger partial charge in [0.1, 0.15) is 17.6 Å². The second-order valence-corrected chi connectivity index (χ2v) is 3.94. The standard InChI is InChI=1S/C15H10N2O/c16-9-11-10-17-15-7-6-13(8-14(11)15)18-12-4-2-1-3-5-12/h1-8,10,17H. The van der Waals surface area contributed by atoms with Gasteiger partial charge in [-0.25, -0.2) is 0 Å². The van der Waals surface area contributed by atoms with Crippen LogP contribution in [0.4, 0.5) is 0 Å². The highest BCUT2D eigenvalue weighted by Crippen LogP contribution is 2.26. The van der Waals surface area contributed by atoms with Crippen molar-refractivity contribution in [2.45, 2.75) is 0 Å². The maximum Gasteiger partial charge on any atom is 0.128 e. The van der Waals surface area contributed by atoms with Gasteiger partial charge in [0.05, 0.1) is 5.56 Å². The molecule has 1 heterocycles. The molecule has 0 saturated heterocycles. The molecule has 0 radical (unpaired) electrons. The van der Waals surface area contributed by atoms with Gasteiger partial charge in [0, 0.05) is 17.1 Å². The number of nitrogens with one attached hydrogen (secondary N) is 1. The van der Waals surface area contributed by atoms with Crippen molar-refractivity contribution < 1.29 is 4.74 Å². The predicted molar refractivity (Wildman–Crippen MR) is 69.5 cm³/mol. The Labute approximate surface area is 104 Å². The number of hydrogen-bond acceptors (Lipinski definition) is 2. The average molecular weight is 234 g/mol. The number of ether oxygens (including phenoxy) is 1. The van der Waals surface area contributed by atoms with Gasteiger partial charge >= 0.3 is 0 Å². The highest BCUT2D eigenvalue weighted by molar-refractivity contribution is 5.86. The molecule has 3 heteroatoms. The van der Waals surface area contributed by atoms with Crippen LogP contribution >= 0.6 is 0 Å². The largest absolute Gasteiger partial charge is 0.457 e. The molecule has 0 saturated carbocycles. The molecule has 86 valence electrons. The summed E-state index contributed by atoms with van der Waals surface area (Å²) in [5.74, 6) is 1.51. The number of nitriles is 1.